The average molecular weight is 404 g/mol. The first-order valence-corrected chi connectivity index (χ1v) is 10.5. The Morgan fingerprint density at radius 3 is 2.43 bits per heavy atom. The zero-order valence-corrected chi connectivity index (χ0v) is 16.8. The Morgan fingerprint density at radius 1 is 1.04 bits per heavy atom. The van der Waals surface area contributed by atoms with Crippen molar-refractivity contribution in [1.29, 1.82) is 0 Å². The Bertz CT molecular complexity index is 914. The molecule has 1 atom stereocenters. The fourth-order valence-electron chi connectivity index (χ4n) is 2.41. The molecule has 150 valence electrons. The van der Waals surface area contributed by atoms with Crippen molar-refractivity contribution in [3.63, 3.8) is 0 Å². The van der Waals surface area contributed by atoms with Crippen LogP contribution in [0, 0.1) is 0 Å². The zero-order chi connectivity index (χ0) is 20.6. The Morgan fingerprint density at radius 2 is 1.75 bits per heavy atom. The van der Waals surface area contributed by atoms with Gasteiger partial charge in [0.05, 0.1) is 4.90 Å². The van der Waals surface area contributed by atoms with Gasteiger partial charge in [-0.1, -0.05) is 43.3 Å². The maximum absolute atomic E-state index is 12.5. The van der Waals surface area contributed by atoms with Crippen LogP contribution in [0.4, 0.5) is 0 Å². The van der Waals surface area contributed by atoms with Crippen LogP contribution >= 0.6 is 0 Å². The lowest BCUT2D eigenvalue weighted by Gasteiger charge is -2.14. The lowest BCUT2D eigenvalue weighted by atomic mass is 10.2. The van der Waals surface area contributed by atoms with E-state index in [2.05, 4.69) is 15.4 Å². The van der Waals surface area contributed by atoms with Gasteiger partial charge >= 0.3 is 0 Å². The second-order valence-corrected chi connectivity index (χ2v) is 8.09. The Kier molecular flexibility index (Phi) is 7.71. The monoisotopic (exact) mass is 403 g/mol. The van der Waals surface area contributed by atoms with Gasteiger partial charge in [0.15, 0.2) is 0 Å². The molecule has 0 fully saturated rings. The number of nitrogens with one attached hydrogen (secondary N) is 3. The largest absolute Gasteiger partial charge is 0.354 e. The summed E-state index contributed by atoms with van der Waals surface area (Å²) in [6, 6.07) is 14.1. The Hall–Kier alpha value is -2.71. The summed E-state index contributed by atoms with van der Waals surface area (Å²) in [5, 5.41) is 5.27. The number of carbonyl (C=O) groups is 2. The van der Waals surface area contributed by atoms with E-state index in [9.17, 15) is 18.0 Å². The van der Waals surface area contributed by atoms with E-state index in [-0.39, 0.29) is 22.9 Å². The highest BCUT2D eigenvalue weighted by Gasteiger charge is 2.19. The maximum atomic E-state index is 12.5. The first-order valence-electron chi connectivity index (χ1n) is 9.05. The molecular weight excluding hydrogens is 378 g/mol. The van der Waals surface area contributed by atoms with Crippen molar-refractivity contribution in [2.24, 2.45) is 0 Å². The summed E-state index contributed by atoms with van der Waals surface area (Å²) >= 11 is 0. The van der Waals surface area contributed by atoms with Gasteiger partial charge in [0.2, 0.25) is 15.9 Å². The van der Waals surface area contributed by atoms with E-state index in [4.69, 9.17) is 0 Å². The van der Waals surface area contributed by atoms with Gasteiger partial charge in [-0.05, 0) is 37.1 Å². The third kappa shape index (κ3) is 6.17. The van der Waals surface area contributed by atoms with Crippen LogP contribution in [0.1, 0.15) is 36.2 Å². The number of carbonyl (C=O) groups excluding carboxylic acids is 2. The van der Waals surface area contributed by atoms with Gasteiger partial charge < -0.3 is 10.6 Å². The van der Waals surface area contributed by atoms with Gasteiger partial charge in [-0.15, -0.1) is 0 Å². The van der Waals surface area contributed by atoms with Crippen LogP contribution in [0.3, 0.4) is 0 Å². The molecule has 0 heterocycles. The molecule has 8 heteroatoms. The van der Waals surface area contributed by atoms with E-state index in [0.29, 0.717) is 6.54 Å². The molecule has 0 spiro atoms. The molecule has 0 aliphatic carbocycles. The summed E-state index contributed by atoms with van der Waals surface area (Å²) in [4.78, 5) is 24.3. The summed E-state index contributed by atoms with van der Waals surface area (Å²) in [5.41, 5.74) is 0.990. The number of hydrogen-bond acceptors (Lipinski definition) is 4. The fraction of sp³-hybridized carbons (Fsp3) is 0.300. The van der Waals surface area contributed by atoms with Crippen molar-refractivity contribution in [1.82, 2.24) is 15.4 Å². The third-order valence-corrected chi connectivity index (χ3v) is 5.40. The van der Waals surface area contributed by atoms with Crippen LogP contribution < -0.4 is 15.4 Å². The van der Waals surface area contributed by atoms with Gasteiger partial charge in [0.25, 0.3) is 5.91 Å². The quantitative estimate of drug-likeness (QED) is 0.594. The van der Waals surface area contributed by atoms with Crippen molar-refractivity contribution in [2.75, 3.05) is 6.54 Å². The van der Waals surface area contributed by atoms with Gasteiger partial charge in [0, 0.05) is 18.7 Å². The van der Waals surface area contributed by atoms with Crippen molar-refractivity contribution < 1.29 is 18.0 Å². The topological polar surface area (TPSA) is 104 Å². The first kappa shape index (κ1) is 21.6. The molecule has 2 aromatic rings. The Balaban J connectivity index is 2.05. The molecule has 0 aromatic heterocycles. The molecule has 2 amide bonds. The van der Waals surface area contributed by atoms with Crippen LogP contribution in [0.25, 0.3) is 0 Å². The summed E-state index contributed by atoms with van der Waals surface area (Å²) in [5.74, 6) is -0.803. The highest BCUT2D eigenvalue weighted by molar-refractivity contribution is 7.89. The molecule has 1 unspecified atom stereocenters. The van der Waals surface area contributed by atoms with Crippen molar-refractivity contribution >= 4 is 21.8 Å². The van der Waals surface area contributed by atoms with E-state index < -0.39 is 22.0 Å². The molecule has 28 heavy (non-hydrogen) atoms. The number of sulfonamides is 1. The van der Waals surface area contributed by atoms with Crippen LogP contribution in [-0.2, 0) is 21.4 Å². The lowest BCUT2D eigenvalue weighted by molar-refractivity contribution is -0.122. The molecule has 7 nitrogen and oxygen atoms in total. The molecular formula is C20H25N3O4S. The Labute approximate surface area is 165 Å². The molecule has 0 saturated carbocycles. The van der Waals surface area contributed by atoms with E-state index >= 15 is 0 Å². The van der Waals surface area contributed by atoms with Gasteiger partial charge in [-0.3, -0.25) is 9.59 Å². The highest BCUT2D eigenvalue weighted by Crippen LogP contribution is 2.12. The van der Waals surface area contributed by atoms with Gasteiger partial charge in [-0.2, -0.15) is 0 Å². The second kappa shape index (κ2) is 10.0. The van der Waals surface area contributed by atoms with Gasteiger partial charge in [0.1, 0.15) is 6.04 Å². The molecule has 0 saturated heterocycles. The van der Waals surface area contributed by atoms with E-state index in [0.717, 1.165) is 12.0 Å². The summed E-state index contributed by atoms with van der Waals surface area (Å²) in [7, 11) is -3.78. The van der Waals surface area contributed by atoms with Crippen LogP contribution in [-0.4, -0.2) is 32.8 Å². The number of rotatable bonds is 9. The molecule has 0 aliphatic heterocycles. The minimum atomic E-state index is -3.78. The molecule has 0 aliphatic rings. The molecule has 0 bridgehead atoms. The molecule has 2 aromatic carbocycles. The predicted molar refractivity (Wildman–Crippen MR) is 107 cm³/mol. The van der Waals surface area contributed by atoms with Gasteiger partial charge in [-0.25, -0.2) is 13.1 Å². The zero-order valence-electron chi connectivity index (χ0n) is 15.9. The highest BCUT2D eigenvalue weighted by atomic mass is 32.2. The second-order valence-electron chi connectivity index (χ2n) is 6.32. The van der Waals surface area contributed by atoms with Crippen molar-refractivity contribution in [2.45, 2.75) is 37.8 Å². The number of amides is 2. The number of hydrogen-bond donors (Lipinski definition) is 3. The van der Waals surface area contributed by atoms with Crippen LogP contribution in [0.2, 0.25) is 0 Å². The van der Waals surface area contributed by atoms with E-state index in [1.165, 1.54) is 24.3 Å². The van der Waals surface area contributed by atoms with E-state index in [1.54, 1.807) is 6.92 Å². The van der Waals surface area contributed by atoms with E-state index in [1.807, 2.05) is 37.3 Å². The maximum Gasteiger partial charge on any atom is 0.251 e. The van der Waals surface area contributed by atoms with Crippen LogP contribution in [0.15, 0.2) is 59.5 Å². The fourth-order valence-corrected chi connectivity index (χ4v) is 3.47. The minimum absolute atomic E-state index is 0.0147. The summed E-state index contributed by atoms with van der Waals surface area (Å²) in [6.45, 7) is 4.18. The average Bonchev–Trinajstić information content (AvgIpc) is 2.71. The number of benzene rings is 2. The molecule has 2 rings (SSSR count). The van der Waals surface area contributed by atoms with Crippen LogP contribution in [0.5, 0.6) is 0 Å². The summed E-state index contributed by atoms with van der Waals surface area (Å²) in [6.07, 6.45) is 0.794. The van der Waals surface area contributed by atoms with Crippen molar-refractivity contribution in [3.8, 4) is 0 Å². The third-order valence-electron chi connectivity index (χ3n) is 4.01. The molecule has 0 radical (unpaired) electrons. The lowest BCUT2D eigenvalue weighted by Crippen LogP contribution is -2.45. The predicted octanol–water partition coefficient (Wildman–Crippen LogP) is 1.81. The standard InChI is InChI=1S/C20H25N3O4S/c1-3-12-21-19(24)15(2)23-20(25)17-10-7-11-18(13-17)28(26,27)22-14-16-8-5-4-6-9-16/h4-11,13,15,22H,3,12,14H2,1-2H3,(H,21,24)(H,23,25). The minimum Gasteiger partial charge on any atom is -0.354 e. The smallest absolute Gasteiger partial charge is 0.251 e. The summed E-state index contributed by atoms with van der Waals surface area (Å²) < 4.78 is 27.6. The SMILES string of the molecule is CCCNC(=O)C(C)NC(=O)c1cccc(S(=O)(=O)NCc2ccccc2)c1. The normalized spacial score (nSPS) is 12.2. The van der Waals surface area contributed by atoms with Crippen molar-refractivity contribution in [3.05, 3.63) is 65.7 Å². The first-order chi connectivity index (χ1) is 13.3. The molecule has 3 N–H and O–H groups in total.